The topological polar surface area (TPSA) is 17.1 Å². The molecular weight excluding hydrogens is 246 g/mol. The third-order valence-electron chi connectivity index (χ3n) is 3.60. The molecule has 0 saturated heterocycles. The molecule has 2 aromatic carbocycles. The van der Waals surface area contributed by atoms with Crippen LogP contribution in [-0.2, 0) is 6.42 Å². The van der Waals surface area contributed by atoms with Crippen LogP contribution in [0.15, 0.2) is 42.5 Å². The highest BCUT2D eigenvalue weighted by molar-refractivity contribution is 6.01. The number of hydrogen-bond acceptors (Lipinski definition) is 1. The van der Waals surface area contributed by atoms with Gasteiger partial charge in [-0.3, -0.25) is 4.79 Å². The first-order chi connectivity index (χ1) is 9.15. The van der Waals surface area contributed by atoms with Crippen LogP contribution in [0.3, 0.4) is 0 Å². The first-order valence-corrected chi connectivity index (χ1v) is 6.23. The van der Waals surface area contributed by atoms with Crippen molar-refractivity contribution in [2.75, 3.05) is 0 Å². The van der Waals surface area contributed by atoms with Gasteiger partial charge in [-0.2, -0.15) is 0 Å². The minimum absolute atomic E-state index is 0.110. The Morgan fingerprint density at radius 2 is 1.74 bits per heavy atom. The van der Waals surface area contributed by atoms with Crippen molar-refractivity contribution in [3.8, 4) is 0 Å². The van der Waals surface area contributed by atoms with Crippen molar-refractivity contribution in [3.63, 3.8) is 0 Å². The third-order valence-corrected chi connectivity index (χ3v) is 3.60. The summed E-state index contributed by atoms with van der Waals surface area (Å²) >= 11 is 0. The van der Waals surface area contributed by atoms with Crippen LogP contribution in [-0.4, -0.2) is 5.78 Å². The van der Waals surface area contributed by atoms with Crippen LogP contribution >= 0.6 is 0 Å². The lowest BCUT2D eigenvalue weighted by molar-refractivity contribution is 0.0958. The third kappa shape index (κ3) is 2.16. The highest BCUT2D eigenvalue weighted by atomic mass is 19.1. The van der Waals surface area contributed by atoms with Crippen LogP contribution in [0.4, 0.5) is 8.78 Å². The first-order valence-electron chi connectivity index (χ1n) is 6.23. The van der Waals surface area contributed by atoms with Crippen molar-refractivity contribution >= 4 is 5.78 Å². The van der Waals surface area contributed by atoms with Gasteiger partial charge in [0.15, 0.2) is 5.78 Å². The van der Waals surface area contributed by atoms with Crippen LogP contribution in [0.5, 0.6) is 0 Å². The molecule has 0 amide bonds. The van der Waals surface area contributed by atoms with Gasteiger partial charge in [0.05, 0.1) is 0 Å². The SMILES string of the molecule is O=C(c1cc(F)cc(F)c1)C1CCc2ccccc21. The summed E-state index contributed by atoms with van der Waals surface area (Å²) in [6.45, 7) is 0. The van der Waals surface area contributed by atoms with Gasteiger partial charge in [0.25, 0.3) is 0 Å². The molecule has 0 radical (unpaired) electrons. The molecule has 1 aliphatic carbocycles. The maximum atomic E-state index is 13.2. The standard InChI is InChI=1S/C16H12F2O/c17-12-7-11(8-13(18)9-12)16(19)15-6-5-10-3-1-2-4-14(10)15/h1-4,7-9,15H,5-6H2. The van der Waals surface area contributed by atoms with Crippen LogP contribution in [0.25, 0.3) is 0 Å². The van der Waals surface area contributed by atoms with Crippen molar-refractivity contribution in [1.29, 1.82) is 0 Å². The van der Waals surface area contributed by atoms with E-state index in [4.69, 9.17) is 0 Å². The molecule has 3 heteroatoms. The second-order valence-corrected chi connectivity index (χ2v) is 4.81. The highest BCUT2D eigenvalue weighted by Gasteiger charge is 2.29. The van der Waals surface area contributed by atoms with Gasteiger partial charge in [-0.25, -0.2) is 8.78 Å². The van der Waals surface area contributed by atoms with Crippen molar-refractivity contribution in [1.82, 2.24) is 0 Å². The van der Waals surface area contributed by atoms with E-state index in [0.717, 1.165) is 35.7 Å². The van der Waals surface area contributed by atoms with E-state index in [0.29, 0.717) is 6.42 Å². The van der Waals surface area contributed by atoms with Crippen molar-refractivity contribution in [2.45, 2.75) is 18.8 Å². The summed E-state index contributed by atoms with van der Waals surface area (Å²) in [6, 6.07) is 10.7. The van der Waals surface area contributed by atoms with Gasteiger partial charge in [-0.1, -0.05) is 24.3 Å². The predicted octanol–water partition coefficient (Wildman–Crippen LogP) is 3.88. The number of ketones is 1. The second-order valence-electron chi connectivity index (χ2n) is 4.81. The summed E-state index contributed by atoms with van der Waals surface area (Å²) in [5.74, 6) is -1.91. The molecule has 1 atom stereocenters. The van der Waals surface area contributed by atoms with Gasteiger partial charge < -0.3 is 0 Å². The minimum Gasteiger partial charge on any atom is -0.293 e. The number of hydrogen-bond donors (Lipinski definition) is 0. The van der Waals surface area contributed by atoms with Gasteiger partial charge in [0.1, 0.15) is 11.6 Å². The Labute approximate surface area is 109 Å². The zero-order chi connectivity index (χ0) is 13.4. The number of aryl methyl sites for hydroxylation is 1. The first kappa shape index (κ1) is 12.0. The van der Waals surface area contributed by atoms with Crippen LogP contribution in [0.2, 0.25) is 0 Å². The van der Waals surface area contributed by atoms with Gasteiger partial charge in [-0.05, 0) is 36.1 Å². The predicted molar refractivity (Wildman–Crippen MR) is 68.2 cm³/mol. The lowest BCUT2D eigenvalue weighted by Gasteiger charge is -2.10. The average Bonchev–Trinajstić information content (AvgIpc) is 2.80. The highest BCUT2D eigenvalue weighted by Crippen LogP contribution is 2.35. The van der Waals surface area contributed by atoms with Crippen molar-refractivity contribution in [3.05, 3.63) is 70.8 Å². The van der Waals surface area contributed by atoms with E-state index in [1.807, 2.05) is 24.3 Å². The quantitative estimate of drug-likeness (QED) is 0.747. The van der Waals surface area contributed by atoms with Gasteiger partial charge in [-0.15, -0.1) is 0 Å². The fourth-order valence-electron chi connectivity index (χ4n) is 2.73. The van der Waals surface area contributed by atoms with E-state index >= 15 is 0 Å². The molecule has 0 aromatic heterocycles. The number of rotatable bonds is 2. The van der Waals surface area contributed by atoms with Crippen molar-refractivity contribution in [2.24, 2.45) is 0 Å². The van der Waals surface area contributed by atoms with Crippen molar-refractivity contribution < 1.29 is 13.6 Å². The maximum absolute atomic E-state index is 13.2. The molecule has 0 fully saturated rings. The maximum Gasteiger partial charge on any atom is 0.170 e. The Bertz CT molecular complexity index is 629. The lowest BCUT2D eigenvalue weighted by Crippen LogP contribution is -2.10. The number of benzene rings is 2. The summed E-state index contributed by atoms with van der Waals surface area (Å²) < 4.78 is 26.4. The summed E-state index contributed by atoms with van der Waals surface area (Å²) in [5.41, 5.74) is 2.24. The smallest absolute Gasteiger partial charge is 0.170 e. The van der Waals surface area contributed by atoms with Crippen LogP contribution in [0, 0.1) is 11.6 Å². The molecule has 1 nitrogen and oxygen atoms in total. The second kappa shape index (κ2) is 4.57. The van der Waals surface area contributed by atoms with Gasteiger partial charge in [0.2, 0.25) is 0 Å². The zero-order valence-electron chi connectivity index (χ0n) is 10.2. The van der Waals surface area contributed by atoms with E-state index in [2.05, 4.69) is 0 Å². The van der Waals surface area contributed by atoms with Crippen LogP contribution in [0.1, 0.15) is 33.8 Å². The molecule has 0 aliphatic heterocycles. The Morgan fingerprint density at radius 1 is 1.05 bits per heavy atom. The van der Waals surface area contributed by atoms with E-state index < -0.39 is 11.6 Å². The van der Waals surface area contributed by atoms with E-state index in [1.165, 1.54) is 0 Å². The summed E-state index contributed by atoms with van der Waals surface area (Å²) in [5, 5.41) is 0. The number of Topliss-reactive ketones (excluding diaryl/α,β-unsaturated/α-hetero) is 1. The number of carbonyl (C=O) groups excluding carboxylic acids is 1. The Balaban J connectivity index is 1.98. The van der Waals surface area contributed by atoms with Gasteiger partial charge >= 0.3 is 0 Å². The van der Waals surface area contributed by atoms with E-state index in [9.17, 15) is 13.6 Å². The molecule has 0 N–H and O–H groups in total. The molecular formula is C16H12F2O. The summed E-state index contributed by atoms with van der Waals surface area (Å²) in [6.07, 6.45) is 1.54. The molecule has 2 aromatic rings. The Hall–Kier alpha value is -2.03. The molecule has 19 heavy (non-hydrogen) atoms. The molecule has 0 spiro atoms. The summed E-state index contributed by atoms with van der Waals surface area (Å²) in [7, 11) is 0. The molecule has 3 rings (SSSR count). The monoisotopic (exact) mass is 258 g/mol. The molecule has 0 heterocycles. The molecule has 1 aliphatic rings. The van der Waals surface area contributed by atoms with E-state index in [1.54, 1.807) is 0 Å². The largest absolute Gasteiger partial charge is 0.293 e. The molecule has 96 valence electrons. The molecule has 0 saturated carbocycles. The normalized spacial score (nSPS) is 17.3. The Morgan fingerprint density at radius 3 is 2.47 bits per heavy atom. The Kier molecular flexibility index (Phi) is 2.90. The zero-order valence-corrected chi connectivity index (χ0v) is 10.2. The van der Waals surface area contributed by atoms with Gasteiger partial charge in [0, 0.05) is 17.5 Å². The summed E-state index contributed by atoms with van der Waals surface area (Å²) in [4.78, 5) is 12.4. The van der Waals surface area contributed by atoms with Crippen LogP contribution < -0.4 is 0 Å². The minimum atomic E-state index is -0.713. The molecule has 0 bridgehead atoms. The molecule has 1 unspecified atom stereocenters. The fourth-order valence-corrected chi connectivity index (χ4v) is 2.73. The lowest BCUT2D eigenvalue weighted by atomic mass is 9.92. The number of carbonyl (C=O) groups is 1. The fraction of sp³-hybridized carbons (Fsp3) is 0.188. The average molecular weight is 258 g/mol. The number of halogens is 2. The van der Waals surface area contributed by atoms with E-state index in [-0.39, 0.29) is 17.3 Å². The number of fused-ring (bicyclic) bond motifs is 1.